The lowest BCUT2D eigenvalue weighted by Gasteiger charge is -2.23. The van der Waals surface area contributed by atoms with E-state index in [1.54, 1.807) is 0 Å². The van der Waals surface area contributed by atoms with E-state index in [0.29, 0.717) is 11.8 Å². The summed E-state index contributed by atoms with van der Waals surface area (Å²) in [5.74, 6) is 1.20. The average Bonchev–Trinajstić information content (AvgIpc) is 2.50. The van der Waals surface area contributed by atoms with Gasteiger partial charge in [0.1, 0.15) is 0 Å². The zero-order chi connectivity index (χ0) is 15.1. The van der Waals surface area contributed by atoms with Gasteiger partial charge in [-0.15, -0.1) is 23.2 Å². The van der Waals surface area contributed by atoms with Crippen LogP contribution in [0.3, 0.4) is 0 Å². The van der Waals surface area contributed by atoms with Gasteiger partial charge >= 0.3 is 0 Å². The van der Waals surface area contributed by atoms with Crippen molar-refractivity contribution >= 4 is 34.6 Å². The van der Waals surface area contributed by atoms with Crippen molar-refractivity contribution in [2.75, 3.05) is 35.5 Å². The highest BCUT2D eigenvalue weighted by Gasteiger charge is 2.05. The molecule has 2 rings (SSSR count). The second-order valence-corrected chi connectivity index (χ2v) is 5.71. The number of benzene rings is 2. The number of anilines is 2. The molecular formula is C17H20Cl2N2. The third-order valence-electron chi connectivity index (χ3n) is 3.40. The molecule has 0 saturated heterocycles. The minimum Gasteiger partial charge on any atom is -0.399 e. The minimum atomic E-state index is 0.601. The normalized spacial score (nSPS) is 10.6. The number of alkyl halides is 2. The summed E-state index contributed by atoms with van der Waals surface area (Å²) in [6.07, 6.45) is 0.908. The largest absolute Gasteiger partial charge is 0.399 e. The minimum absolute atomic E-state index is 0.601. The Kier molecular flexibility index (Phi) is 6.21. The van der Waals surface area contributed by atoms with Gasteiger partial charge in [-0.25, -0.2) is 0 Å². The molecule has 0 spiro atoms. The predicted molar refractivity (Wildman–Crippen MR) is 93.8 cm³/mol. The highest BCUT2D eigenvalue weighted by Crippen LogP contribution is 2.18. The zero-order valence-electron chi connectivity index (χ0n) is 11.9. The summed E-state index contributed by atoms with van der Waals surface area (Å²) >= 11 is 11.7. The summed E-state index contributed by atoms with van der Waals surface area (Å²) < 4.78 is 0. The van der Waals surface area contributed by atoms with Gasteiger partial charge < -0.3 is 10.6 Å². The zero-order valence-corrected chi connectivity index (χ0v) is 13.4. The third kappa shape index (κ3) is 4.83. The van der Waals surface area contributed by atoms with Crippen LogP contribution in [0.2, 0.25) is 0 Å². The van der Waals surface area contributed by atoms with E-state index in [2.05, 4.69) is 41.3 Å². The van der Waals surface area contributed by atoms with Crippen LogP contribution in [0.1, 0.15) is 11.1 Å². The molecule has 0 aliphatic carbocycles. The molecule has 0 unspecified atom stereocenters. The Morgan fingerprint density at radius 2 is 1.24 bits per heavy atom. The van der Waals surface area contributed by atoms with E-state index in [9.17, 15) is 0 Å². The average molecular weight is 323 g/mol. The van der Waals surface area contributed by atoms with Gasteiger partial charge in [-0.05, 0) is 41.8 Å². The van der Waals surface area contributed by atoms with Crippen molar-refractivity contribution < 1.29 is 0 Å². The summed E-state index contributed by atoms with van der Waals surface area (Å²) in [5, 5.41) is 0. The lowest BCUT2D eigenvalue weighted by molar-refractivity contribution is 0.873. The van der Waals surface area contributed by atoms with Crippen molar-refractivity contribution in [3.05, 3.63) is 59.7 Å². The molecule has 0 fully saturated rings. The van der Waals surface area contributed by atoms with Crippen LogP contribution in [-0.2, 0) is 6.42 Å². The molecule has 0 heterocycles. The number of rotatable bonds is 7. The SMILES string of the molecule is Nc1ccc(Cc2ccc(N(CCCl)CCCl)cc2)cc1. The van der Waals surface area contributed by atoms with Gasteiger partial charge in [0, 0.05) is 36.2 Å². The molecule has 0 aromatic heterocycles. The van der Waals surface area contributed by atoms with Gasteiger partial charge in [-0.2, -0.15) is 0 Å². The summed E-state index contributed by atoms with van der Waals surface area (Å²) in [5.41, 5.74) is 10.2. The summed E-state index contributed by atoms with van der Waals surface area (Å²) in [6.45, 7) is 1.62. The molecule has 2 aromatic carbocycles. The Balaban J connectivity index is 2.05. The first-order valence-electron chi connectivity index (χ1n) is 7.03. The molecule has 2 aromatic rings. The van der Waals surface area contributed by atoms with Crippen LogP contribution in [0.15, 0.2) is 48.5 Å². The van der Waals surface area contributed by atoms with Crippen molar-refractivity contribution in [3.63, 3.8) is 0 Å². The maximum absolute atomic E-state index is 5.84. The van der Waals surface area contributed by atoms with Crippen molar-refractivity contribution in [1.29, 1.82) is 0 Å². The molecule has 2 nitrogen and oxygen atoms in total. The van der Waals surface area contributed by atoms with Crippen molar-refractivity contribution in [2.24, 2.45) is 0 Å². The quantitative estimate of drug-likeness (QED) is 0.613. The molecule has 0 radical (unpaired) electrons. The predicted octanol–water partition coefficient (Wildman–Crippen LogP) is 4.14. The second kappa shape index (κ2) is 8.16. The van der Waals surface area contributed by atoms with Gasteiger partial charge in [-0.3, -0.25) is 0 Å². The summed E-state index contributed by atoms with van der Waals surface area (Å²) in [7, 11) is 0. The molecule has 21 heavy (non-hydrogen) atoms. The lowest BCUT2D eigenvalue weighted by Crippen LogP contribution is -2.27. The van der Waals surface area contributed by atoms with Gasteiger partial charge in [0.25, 0.3) is 0 Å². The molecule has 0 atom stereocenters. The summed E-state index contributed by atoms with van der Waals surface area (Å²) in [6, 6.07) is 16.6. The lowest BCUT2D eigenvalue weighted by atomic mass is 10.0. The monoisotopic (exact) mass is 322 g/mol. The van der Waals surface area contributed by atoms with Crippen molar-refractivity contribution in [2.45, 2.75) is 6.42 Å². The fourth-order valence-corrected chi connectivity index (χ4v) is 2.68. The van der Waals surface area contributed by atoms with Gasteiger partial charge in [0.05, 0.1) is 0 Å². The van der Waals surface area contributed by atoms with Gasteiger partial charge in [0.15, 0.2) is 0 Å². The molecule has 112 valence electrons. The van der Waals surface area contributed by atoms with E-state index >= 15 is 0 Å². The van der Waals surface area contributed by atoms with Gasteiger partial charge in [0.2, 0.25) is 0 Å². The maximum atomic E-state index is 5.84. The smallest absolute Gasteiger partial charge is 0.0399 e. The van der Waals surface area contributed by atoms with E-state index in [0.717, 1.165) is 30.9 Å². The van der Waals surface area contributed by atoms with Crippen LogP contribution in [0.25, 0.3) is 0 Å². The molecule has 4 heteroatoms. The van der Waals surface area contributed by atoms with Gasteiger partial charge in [-0.1, -0.05) is 24.3 Å². The number of nitrogens with two attached hydrogens (primary N) is 1. The van der Waals surface area contributed by atoms with Crippen LogP contribution in [-0.4, -0.2) is 24.8 Å². The molecule has 0 aliphatic rings. The van der Waals surface area contributed by atoms with Crippen LogP contribution in [0.4, 0.5) is 11.4 Å². The first-order valence-corrected chi connectivity index (χ1v) is 8.10. The molecule has 0 amide bonds. The summed E-state index contributed by atoms with van der Waals surface area (Å²) in [4.78, 5) is 2.20. The Bertz CT molecular complexity index is 532. The van der Waals surface area contributed by atoms with E-state index < -0.39 is 0 Å². The third-order valence-corrected chi connectivity index (χ3v) is 3.74. The van der Waals surface area contributed by atoms with Crippen LogP contribution < -0.4 is 10.6 Å². The molecule has 2 N–H and O–H groups in total. The highest BCUT2D eigenvalue weighted by molar-refractivity contribution is 6.18. The fraction of sp³-hybridized carbons (Fsp3) is 0.294. The first kappa shape index (κ1) is 16.0. The first-order chi connectivity index (χ1) is 10.2. The molecular weight excluding hydrogens is 303 g/mol. The number of nitrogen functional groups attached to an aromatic ring is 1. The Labute approximate surface area is 136 Å². The number of hydrogen-bond donors (Lipinski definition) is 1. The topological polar surface area (TPSA) is 29.3 Å². The number of halogens is 2. The van der Waals surface area contributed by atoms with E-state index in [4.69, 9.17) is 28.9 Å². The molecule has 0 saturated carbocycles. The molecule has 0 bridgehead atoms. The van der Waals surface area contributed by atoms with E-state index in [-0.39, 0.29) is 0 Å². The van der Waals surface area contributed by atoms with Crippen LogP contribution in [0, 0.1) is 0 Å². The number of hydrogen-bond acceptors (Lipinski definition) is 2. The Morgan fingerprint density at radius 3 is 1.71 bits per heavy atom. The fourth-order valence-electron chi connectivity index (χ4n) is 2.27. The Morgan fingerprint density at radius 1 is 0.762 bits per heavy atom. The molecule has 0 aliphatic heterocycles. The second-order valence-electron chi connectivity index (χ2n) is 4.95. The van der Waals surface area contributed by atoms with Crippen LogP contribution in [0.5, 0.6) is 0 Å². The van der Waals surface area contributed by atoms with E-state index in [1.807, 2.05) is 12.1 Å². The van der Waals surface area contributed by atoms with Crippen molar-refractivity contribution in [1.82, 2.24) is 0 Å². The van der Waals surface area contributed by atoms with Crippen molar-refractivity contribution in [3.8, 4) is 0 Å². The highest BCUT2D eigenvalue weighted by atomic mass is 35.5. The van der Waals surface area contributed by atoms with E-state index in [1.165, 1.54) is 11.1 Å². The standard InChI is InChI=1S/C17H20Cl2N2/c18-9-11-21(12-10-19)17-7-3-15(4-8-17)13-14-1-5-16(20)6-2-14/h1-8H,9-13,20H2. The maximum Gasteiger partial charge on any atom is 0.0399 e. The Hall–Kier alpha value is -1.38. The number of nitrogens with zero attached hydrogens (tertiary/aromatic N) is 1. The van der Waals surface area contributed by atoms with Crippen LogP contribution >= 0.6 is 23.2 Å².